The quantitative estimate of drug-likeness (QED) is 0.0668. The standard InChI is InChI=1S/C42H54N4O6/c1-29-12-7-8-15-33(29)41(36-28-45-23-20-30(36)21-24-45)46(42(50)51)31-13-11-14-32(26-31)52-25-10-6-4-2-3-5-9-22-43-27-38(48)34-16-18-37(47)40-35(34)17-19-39(49)44-40/h7-8,11-19,26,30,36,38,41,43,47-48H,2-6,9-10,20-25,27-28H2,1H3,(H,44,49)(H,50,51)/t36?,38-,41-/m0/s1. The van der Waals surface area contributed by atoms with Crippen molar-refractivity contribution in [3.8, 4) is 11.5 Å². The maximum Gasteiger partial charge on any atom is 0.412 e. The molecule has 3 aromatic carbocycles. The lowest BCUT2D eigenvalue weighted by Crippen LogP contribution is -2.53. The first-order chi connectivity index (χ1) is 25.3. The van der Waals surface area contributed by atoms with Gasteiger partial charge in [-0.2, -0.15) is 0 Å². The Morgan fingerprint density at radius 1 is 0.942 bits per heavy atom. The molecule has 1 unspecified atom stereocenters. The monoisotopic (exact) mass is 710 g/mol. The van der Waals surface area contributed by atoms with Gasteiger partial charge in [-0.25, -0.2) is 4.79 Å². The molecule has 0 aliphatic carbocycles. The highest BCUT2D eigenvalue weighted by Crippen LogP contribution is 2.45. The van der Waals surface area contributed by atoms with E-state index in [0.717, 1.165) is 95.1 Å². The fourth-order valence-corrected chi connectivity index (χ4v) is 8.29. The summed E-state index contributed by atoms with van der Waals surface area (Å²) in [6.07, 6.45) is 8.15. The summed E-state index contributed by atoms with van der Waals surface area (Å²) in [6, 6.07) is 21.8. The van der Waals surface area contributed by atoms with E-state index in [4.69, 9.17) is 4.74 Å². The van der Waals surface area contributed by atoms with E-state index in [9.17, 15) is 24.9 Å². The summed E-state index contributed by atoms with van der Waals surface area (Å²) < 4.78 is 6.15. The molecular formula is C42H54N4O6. The van der Waals surface area contributed by atoms with Crippen LogP contribution in [0.3, 0.4) is 0 Å². The number of aromatic nitrogens is 1. The molecule has 0 spiro atoms. The number of amides is 1. The van der Waals surface area contributed by atoms with Crippen LogP contribution in [0.25, 0.3) is 10.9 Å². The topological polar surface area (TPSA) is 138 Å². The molecule has 0 radical (unpaired) electrons. The van der Waals surface area contributed by atoms with Crippen LogP contribution >= 0.6 is 0 Å². The van der Waals surface area contributed by atoms with Crippen molar-refractivity contribution in [1.82, 2.24) is 15.2 Å². The largest absolute Gasteiger partial charge is 0.506 e. The number of aromatic amines is 1. The zero-order valence-electron chi connectivity index (χ0n) is 30.3. The lowest BCUT2D eigenvalue weighted by Gasteiger charge is -2.50. The molecule has 4 heterocycles. The van der Waals surface area contributed by atoms with E-state index in [-0.39, 0.29) is 23.3 Å². The van der Waals surface area contributed by atoms with Crippen LogP contribution in [0.5, 0.6) is 11.5 Å². The van der Waals surface area contributed by atoms with Crippen molar-refractivity contribution in [1.29, 1.82) is 0 Å². The zero-order chi connectivity index (χ0) is 36.5. The average Bonchev–Trinajstić information content (AvgIpc) is 3.15. The van der Waals surface area contributed by atoms with E-state index in [2.05, 4.69) is 34.3 Å². The SMILES string of the molecule is Cc1ccccc1[C@@H](C1CN2CCC1CC2)N(C(=O)O)c1cccc(OCCCCCCCCCNC[C@H](O)c2ccc(O)c3[nH]c(=O)ccc23)c1. The molecule has 7 rings (SSSR count). The number of aliphatic hydroxyl groups excluding tert-OH is 1. The molecule has 4 aromatic rings. The zero-order valence-corrected chi connectivity index (χ0v) is 30.3. The number of pyridine rings is 1. The smallest absolute Gasteiger partial charge is 0.412 e. The third kappa shape index (κ3) is 9.15. The van der Waals surface area contributed by atoms with Crippen molar-refractivity contribution in [2.24, 2.45) is 11.8 Å². The van der Waals surface area contributed by atoms with Gasteiger partial charge < -0.3 is 35.3 Å². The van der Waals surface area contributed by atoms with Crippen LogP contribution in [0, 0.1) is 18.8 Å². The number of carbonyl (C=O) groups is 1. The van der Waals surface area contributed by atoms with Gasteiger partial charge >= 0.3 is 6.09 Å². The Morgan fingerprint density at radius 2 is 1.69 bits per heavy atom. The summed E-state index contributed by atoms with van der Waals surface area (Å²) in [7, 11) is 0. The lowest BCUT2D eigenvalue weighted by molar-refractivity contribution is 0.0357. The number of aromatic hydroxyl groups is 1. The summed E-state index contributed by atoms with van der Waals surface area (Å²) in [5.74, 6) is 1.44. The summed E-state index contributed by atoms with van der Waals surface area (Å²) in [5, 5.41) is 35.4. The maximum absolute atomic E-state index is 13.0. The molecule has 1 aromatic heterocycles. The number of ether oxygens (including phenoxy) is 1. The number of benzene rings is 3. The van der Waals surface area contributed by atoms with Crippen LogP contribution in [0.15, 0.2) is 77.6 Å². The van der Waals surface area contributed by atoms with Crippen molar-refractivity contribution in [2.45, 2.75) is 76.9 Å². The molecule has 10 heteroatoms. The Kier molecular flexibility index (Phi) is 12.9. The number of H-pyrrole nitrogens is 1. The van der Waals surface area contributed by atoms with Gasteiger partial charge in [-0.1, -0.05) is 68.5 Å². The number of phenolic OH excluding ortho intramolecular Hbond substituents is 1. The summed E-state index contributed by atoms with van der Waals surface area (Å²) in [4.78, 5) is 31.4. The molecule has 52 heavy (non-hydrogen) atoms. The molecule has 3 saturated heterocycles. The Morgan fingerprint density at radius 3 is 2.42 bits per heavy atom. The Labute approximate surface area is 306 Å². The number of phenols is 1. The van der Waals surface area contributed by atoms with E-state index in [1.165, 1.54) is 12.1 Å². The van der Waals surface area contributed by atoms with Gasteiger partial charge in [0.15, 0.2) is 0 Å². The molecule has 5 N–H and O–H groups in total. The molecule has 3 atom stereocenters. The van der Waals surface area contributed by atoms with Crippen molar-refractivity contribution in [3.05, 3.63) is 99.8 Å². The van der Waals surface area contributed by atoms with Crippen molar-refractivity contribution in [3.63, 3.8) is 0 Å². The van der Waals surface area contributed by atoms with Crippen molar-refractivity contribution in [2.75, 3.05) is 44.2 Å². The van der Waals surface area contributed by atoms with E-state index in [0.29, 0.717) is 47.0 Å². The summed E-state index contributed by atoms with van der Waals surface area (Å²) in [6.45, 7) is 7.02. The first-order valence-corrected chi connectivity index (χ1v) is 19.1. The lowest BCUT2D eigenvalue weighted by atomic mass is 9.72. The third-order valence-corrected chi connectivity index (χ3v) is 11.1. The number of unbranched alkanes of at least 4 members (excludes halogenated alkanes) is 6. The number of carboxylic acid groups (broad SMARTS) is 1. The molecule has 2 bridgehead atoms. The van der Waals surface area contributed by atoms with E-state index in [1.807, 2.05) is 36.4 Å². The molecule has 3 fully saturated rings. The van der Waals surface area contributed by atoms with Gasteiger partial charge in [0.2, 0.25) is 5.56 Å². The number of hydrogen-bond acceptors (Lipinski definition) is 7. The average molecular weight is 711 g/mol. The van der Waals surface area contributed by atoms with Crippen LogP contribution in [-0.4, -0.2) is 70.6 Å². The molecule has 3 aliphatic heterocycles. The number of rotatable bonds is 18. The van der Waals surface area contributed by atoms with Gasteiger partial charge in [0.25, 0.3) is 0 Å². The van der Waals surface area contributed by atoms with Gasteiger partial charge in [0, 0.05) is 30.6 Å². The number of anilines is 1. The number of aliphatic hydroxyl groups is 1. The van der Waals surface area contributed by atoms with Gasteiger partial charge in [0.1, 0.15) is 11.5 Å². The van der Waals surface area contributed by atoms with E-state index in [1.54, 1.807) is 17.0 Å². The normalized spacial score (nSPS) is 19.4. The number of fused-ring (bicyclic) bond motifs is 4. The molecule has 278 valence electrons. The van der Waals surface area contributed by atoms with Gasteiger partial charge in [-0.15, -0.1) is 0 Å². The molecule has 10 nitrogen and oxygen atoms in total. The van der Waals surface area contributed by atoms with Crippen molar-refractivity contribution < 1.29 is 24.9 Å². The number of nitrogens with zero attached hydrogens (tertiary/aromatic N) is 2. The predicted octanol–water partition coefficient (Wildman–Crippen LogP) is 7.54. The van der Waals surface area contributed by atoms with Crippen LogP contribution in [0.2, 0.25) is 0 Å². The van der Waals surface area contributed by atoms with Gasteiger partial charge in [-0.05, 0) is 105 Å². The third-order valence-electron chi connectivity index (χ3n) is 11.1. The minimum atomic E-state index is -0.933. The summed E-state index contributed by atoms with van der Waals surface area (Å²) in [5.41, 5.74) is 3.58. The molecule has 0 saturated carbocycles. The highest BCUT2D eigenvalue weighted by molar-refractivity contribution is 5.88. The van der Waals surface area contributed by atoms with Gasteiger partial charge in [0.05, 0.1) is 30.0 Å². The summed E-state index contributed by atoms with van der Waals surface area (Å²) >= 11 is 0. The first kappa shape index (κ1) is 37.4. The molecule has 3 aliphatic rings. The maximum atomic E-state index is 13.0. The Bertz CT molecular complexity index is 1840. The Hall–Kier alpha value is -4.38. The minimum absolute atomic E-state index is 0.0133. The first-order valence-electron chi connectivity index (χ1n) is 19.1. The minimum Gasteiger partial charge on any atom is -0.506 e. The molecular weight excluding hydrogens is 656 g/mol. The van der Waals surface area contributed by atoms with Crippen LogP contribution in [-0.2, 0) is 0 Å². The fraction of sp³-hybridized carbons (Fsp3) is 0.476. The van der Waals surface area contributed by atoms with Crippen LogP contribution in [0.1, 0.15) is 86.6 Å². The number of nitrogens with one attached hydrogen (secondary N) is 2. The predicted molar refractivity (Wildman–Crippen MR) is 205 cm³/mol. The second kappa shape index (κ2) is 17.9. The van der Waals surface area contributed by atoms with Crippen LogP contribution < -0.4 is 20.5 Å². The second-order valence-electron chi connectivity index (χ2n) is 14.6. The van der Waals surface area contributed by atoms with E-state index >= 15 is 0 Å². The highest BCUT2D eigenvalue weighted by Gasteiger charge is 2.43. The number of aryl methyl sites for hydroxylation is 1. The number of hydrogen-bond donors (Lipinski definition) is 5. The van der Waals surface area contributed by atoms with Gasteiger partial charge in [-0.3, -0.25) is 9.69 Å². The molecule has 1 amide bonds. The van der Waals surface area contributed by atoms with Crippen LogP contribution in [0.4, 0.5) is 10.5 Å². The Balaban J connectivity index is 0.910. The number of piperidine rings is 3. The second-order valence-corrected chi connectivity index (χ2v) is 14.6. The fourth-order valence-electron chi connectivity index (χ4n) is 8.29. The van der Waals surface area contributed by atoms with E-state index < -0.39 is 12.2 Å². The highest BCUT2D eigenvalue weighted by atomic mass is 16.5. The van der Waals surface area contributed by atoms with Crippen molar-refractivity contribution >= 4 is 22.7 Å².